The van der Waals surface area contributed by atoms with Gasteiger partial charge in [0.1, 0.15) is 12.0 Å². The van der Waals surface area contributed by atoms with Crippen molar-refractivity contribution in [3.8, 4) is 17.2 Å². The highest BCUT2D eigenvalue weighted by molar-refractivity contribution is 5.97. The number of anilines is 1. The van der Waals surface area contributed by atoms with Crippen LogP contribution in [0.2, 0.25) is 0 Å². The van der Waals surface area contributed by atoms with Gasteiger partial charge in [-0.15, -0.1) is 0 Å². The number of carbonyl (C=O) groups excluding carboxylic acids is 1. The van der Waals surface area contributed by atoms with Gasteiger partial charge in [-0.25, -0.2) is 9.78 Å². The predicted molar refractivity (Wildman–Crippen MR) is 117 cm³/mol. The van der Waals surface area contributed by atoms with Gasteiger partial charge in [0.25, 0.3) is 0 Å². The zero-order chi connectivity index (χ0) is 22.0. The lowest BCUT2D eigenvalue weighted by molar-refractivity contribution is 0.207. The number of aromatic nitrogens is 4. The van der Waals surface area contributed by atoms with Gasteiger partial charge in [0, 0.05) is 18.5 Å². The van der Waals surface area contributed by atoms with Crippen molar-refractivity contribution in [2.24, 2.45) is 0 Å². The predicted octanol–water partition coefficient (Wildman–Crippen LogP) is 4.49. The molecule has 4 heterocycles. The van der Waals surface area contributed by atoms with E-state index in [1.54, 1.807) is 6.33 Å². The maximum absolute atomic E-state index is 13.7. The summed E-state index contributed by atoms with van der Waals surface area (Å²) in [5.41, 5.74) is 2.39. The fraction of sp³-hybridized carbons (Fsp3) is 0.478. The van der Waals surface area contributed by atoms with E-state index in [1.165, 1.54) is 0 Å². The lowest BCUT2D eigenvalue weighted by atomic mass is 9.91. The van der Waals surface area contributed by atoms with Gasteiger partial charge in [-0.3, -0.25) is 9.47 Å². The molecule has 1 saturated heterocycles. The van der Waals surface area contributed by atoms with Gasteiger partial charge in [-0.2, -0.15) is 4.98 Å². The van der Waals surface area contributed by atoms with E-state index in [0.717, 1.165) is 43.0 Å². The van der Waals surface area contributed by atoms with Crippen LogP contribution in [0.5, 0.6) is 0 Å². The highest BCUT2D eigenvalue weighted by Crippen LogP contribution is 2.46. The Hall–Kier alpha value is -3.16. The van der Waals surface area contributed by atoms with E-state index < -0.39 is 5.54 Å². The molecule has 162 valence electrons. The van der Waals surface area contributed by atoms with Gasteiger partial charge >= 0.3 is 6.03 Å². The molecule has 0 bridgehead atoms. The Morgan fingerprint density at radius 3 is 2.42 bits per heavy atom. The minimum Gasteiger partial charge on any atom is -0.338 e. The Kier molecular flexibility index (Phi) is 4.26. The molecule has 0 spiro atoms. The molecule has 0 radical (unpaired) electrons. The van der Waals surface area contributed by atoms with E-state index in [9.17, 15) is 4.79 Å². The summed E-state index contributed by atoms with van der Waals surface area (Å²) >= 11 is 0. The van der Waals surface area contributed by atoms with Crippen molar-refractivity contribution in [1.82, 2.24) is 24.6 Å². The minimum atomic E-state index is -0.664. The molecule has 0 N–H and O–H groups in total. The van der Waals surface area contributed by atoms with Crippen LogP contribution in [0.25, 0.3) is 17.2 Å². The number of hydrogen-bond acceptors (Lipinski definition) is 5. The van der Waals surface area contributed by atoms with Gasteiger partial charge in [0.05, 0.1) is 22.6 Å². The summed E-state index contributed by atoms with van der Waals surface area (Å²) in [7, 11) is 0. The zero-order valence-corrected chi connectivity index (χ0v) is 18.7. The maximum Gasteiger partial charge on any atom is 0.325 e. The molecule has 2 amide bonds. The summed E-state index contributed by atoms with van der Waals surface area (Å²) in [5, 5.41) is 4.23. The van der Waals surface area contributed by atoms with Crippen molar-refractivity contribution >= 4 is 11.7 Å². The monoisotopic (exact) mass is 420 g/mol. The molecule has 8 nitrogen and oxygen atoms in total. The first-order chi connectivity index (χ1) is 14.7. The lowest BCUT2D eigenvalue weighted by Crippen LogP contribution is -2.54. The molecular weight excluding hydrogens is 392 g/mol. The lowest BCUT2D eigenvalue weighted by Gasteiger charge is -2.45. The van der Waals surface area contributed by atoms with E-state index in [4.69, 9.17) is 4.52 Å². The Balaban J connectivity index is 1.68. The van der Waals surface area contributed by atoms with Crippen molar-refractivity contribution in [3.05, 3.63) is 42.2 Å². The normalized spacial score (nSPS) is 17.6. The van der Waals surface area contributed by atoms with Crippen molar-refractivity contribution in [3.63, 3.8) is 0 Å². The number of likely N-dealkylation sites (tertiary alicyclic amines) is 1. The van der Waals surface area contributed by atoms with Crippen LogP contribution in [0.3, 0.4) is 0 Å². The molecule has 1 fully saturated rings. The first-order valence-electron chi connectivity index (χ1n) is 10.8. The van der Waals surface area contributed by atoms with E-state index in [2.05, 4.69) is 29.0 Å². The van der Waals surface area contributed by atoms with Crippen molar-refractivity contribution in [2.75, 3.05) is 18.0 Å². The van der Waals surface area contributed by atoms with E-state index in [-0.39, 0.29) is 11.4 Å². The summed E-state index contributed by atoms with van der Waals surface area (Å²) in [4.78, 5) is 26.8. The quantitative estimate of drug-likeness (QED) is 0.579. The summed E-state index contributed by atoms with van der Waals surface area (Å²) in [6.07, 6.45) is 3.88. The molecule has 1 aromatic carbocycles. The second kappa shape index (κ2) is 6.67. The first kappa shape index (κ1) is 19.8. The number of nitrogens with zero attached hydrogens (tertiary/aromatic N) is 6. The fourth-order valence-corrected chi connectivity index (χ4v) is 4.56. The van der Waals surface area contributed by atoms with Gasteiger partial charge in [0.2, 0.25) is 11.7 Å². The maximum atomic E-state index is 13.7. The Morgan fingerprint density at radius 1 is 1.10 bits per heavy atom. The average Bonchev–Trinajstić information content (AvgIpc) is 3.46. The van der Waals surface area contributed by atoms with E-state index in [1.807, 2.05) is 59.4 Å². The molecule has 2 aliphatic rings. The van der Waals surface area contributed by atoms with Crippen LogP contribution in [-0.2, 0) is 11.0 Å². The zero-order valence-electron chi connectivity index (χ0n) is 18.7. The van der Waals surface area contributed by atoms with Gasteiger partial charge in [-0.1, -0.05) is 38.1 Å². The largest absolute Gasteiger partial charge is 0.338 e. The number of hydrogen-bond donors (Lipinski definition) is 0. The van der Waals surface area contributed by atoms with E-state index >= 15 is 0 Å². The number of para-hydroxylation sites is 2. The standard InChI is InChI=1S/C23H28N6O2/c1-22(2,3)20-25-19(26-31-20)17-18-23(4,5)29(21(30)27-12-8-9-13-27)16-11-7-6-10-15(16)28(18)14-24-17/h6-7,10-11,14H,8-9,12-13H2,1-5H3. The number of carbonyl (C=O) groups is 1. The highest BCUT2D eigenvalue weighted by atomic mass is 16.5. The van der Waals surface area contributed by atoms with Gasteiger partial charge in [0.15, 0.2) is 0 Å². The number of rotatable bonds is 1. The minimum absolute atomic E-state index is 0.0249. The molecule has 0 atom stereocenters. The average molecular weight is 421 g/mol. The highest BCUT2D eigenvalue weighted by Gasteiger charge is 2.46. The first-order valence-corrected chi connectivity index (χ1v) is 10.8. The summed E-state index contributed by atoms with van der Waals surface area (Å²) in [6, 6.07) is 7.99. The third-order valence-electron chi connectivity index (χ3n) is 6.14. The molecule has 3 aromatic rings. The molecular formula is C23H28N6O2. The van der Waals surface area contributed by atoms with Gasteiger partial charge < -0.3 is 9.42 Å². The molecule has 5 rings (SSSR count). The van der Waals surface area contributed by atoms with Crippen LogP contribution in [-0.4, -0.2) is 43.7 Å². The fourth-order valence-electron chi connectivity index (χ4n) is 4.56. The SMILES string of the molecule is CC(C)(C)c1nc(-c2ncn3c2C(C)(C)N(C(=O)N2CCCC2)c2ccccc2-3)no1. The van der Waals surface area contributed by atoms with E-state index in [0.29, 0.717) is 17.4 Å². The molecule has 31 heavy (non-hydrogen) atoms. The number of fused-ring (bicyclic) bond motifs is 3. The Morgan fingerprint density at radius 2 is 1.77 bits per heavy atom. The molecule has 2 aliphatic heterocycles. The molecule has 8 heteroatoms. The number of benzene rings is 1. The van der Waals surface area contributed by atoms with Crippen molar-refractivity contribution in [2.45, 2.75) is 58.4 Å². The van der Waals surface area contributed by atoms with Crippen LogP contribution >= 0.6 is 0 Å². The smallest absolute Gasteiger partial charge is 0.325 e. The van der Waals surface area contributed by atoms with Crippen LogP contribution < -0.4 is 4.90 Å². The summed E-state index contributed by atoms with van der Waals surface area (Å²) in [5.74, 6) is 1.00. The van der Waals surface area contributed by atoms with Crippen molar-refractivity contribution < 1.29 is 9.32 Å². The van der Waals surface area contributed by atoms with Crippen LogP contribution in [0.15, 0.2) is 35.1 Å². The number of imidazole rings is 1. The number of amides is 2. The third kappa shape index (κ3) is 2.96. The third-order valence-corrected chi connectivity index (χ3v) is 6.14. The molecule has 0 saturated carbocycles. The second-order valence-corrected chi connectivity index (χ2v) is 9.84. The van der Waals surface area contributed by atoms with Crippen LogP contribution in [0, 0.1) is 0 Å². The number of urea groups is 1. The Bertz CT molecular complexity index is 1150. The van der Waals surface area contributed by atoms with Crippen LogP contribution in [0.4, 0.5) is 10.5 Å². The van der Waals surface area contributed by atoms with Crippen LogP contribution in [0.1, 0.15) is 59.0 Å². The second-order valence-electron chi connectivity index (χ2n) is 9.84. The van der Waals surface area contributed by atoms with Gasteiger partial charge in [-0.05, 0) is 38.8 Å². The Labute approximate surface area is 181 Å². The topological polar surface area (TPSA) is 80.3 Å². The molecule has 0 aliphatic carbocycles. The molecule has 2 aromatic heterocycles. The summed E-state index contributed by atoms with van der Waals surface area (Å²) < 4.78 is 7.59. The molecule has 0 unspecified atom stereocenters. The van der Waals surface area contributed by atoms with Crippen molar-refractivity contribution in [1.29, 1.82) is 0 Å². The summed E-state index contributed by atoms with van der Waals surface area (Å²) in [6.45, 7) is 11.8.